The zero-order valence-electron chi connectivity index (χ0n) is 9.12. The Bertz CT molecular complexity index is 568. The highest BCUT2D eigenvalue weighted by Gasteiger charge is 2.14. The van der Waals surface area contributed by atoms with Crippen molar-refractivity contribution in [3.8, 4) is 5.75 Å². The number of nitrogens with zero attached hydrogens (tertiary/aromatic N) is 1. The van der Waals surface area contributed by atoms with Crippen molar-refractivity contribution in [1.29, 1.82) is 0 Å². The van der Waals surface area contributed by atoms with Crippen LogP contribution in [0.5, 0.6) is 5.75 Å². The number of carbonyl (C=O) groups is 2. The highest BCUT2D eigenvalue weighted by atomic mass is 32.1. The van der Waals surface area contributed by atoms with E-state index in [1.165, 1.54) is 6.20 Å². The smallest absolute Gasteiger partial charge is 0.410 e. The van der Waals surface area contributed by atoms with Crippen molar-refractivity contribution in [3.63, 3.8) is 0 Å². The Hall–Kier alpha value is -2.41. The number of amides is 2. The van der Waals surface area contributed by atoms with Gasteiger partial charge in [-0.15, -0.1) is 0 Å². The number of rotatable bonds is 3. The molecule has 0 unspecified atom stereocenters. The van der Waals surface area contributed by atoms with E-state index in [0.717, 1.165) is 11.5 Å². The van der Waals surface area contributed by atoms with Gasteiger partial charge < -0.3 is 10.5 Å². The maximum absolute atomic E-state index is 11.5. The summed E-state index contributed by atoms with van der Waals surface area (Å²) >= 11 is 0.954. The van der Waals surface area contributed by atoms with E-state index in [9.17, 15) is 9.59 Å². The second-order valence-corrected chi connectivity index (χ2v) is 4.06. The molecule has 0 fully saturated rings. The number of hydrogen-bond acceptors (Lipinski definition) is 5. The Balaban J connectivity index is 2.04. The lowest BCUT2D eigenvalue weighted by molar-refractivity contribution is 0.100. The van der Waals surface area contributed by atoms with E-state index in [1.54, 1.807) is 30.3 Å². The predicted molar refractivity (Wildman–Crippen MR) is 66.7 cm³/mol. The molecule has 0 aliphatic heterocycles. The molecule has 2 rings (SSSR count). The highest BCUT2D eigenvalue weighted by Crippen LogP contribution is 2.20. The van der Waals surface area contributed by atoms with Crippen molar-refractivity contribution < 1.29 is 14.3 Å². The van der Waals surface area contributed by atoms with Gasteiger partial charge in [0.15, 0.2) is 0 Å². The van der Waals surface area contributed by atoms with Gasteiger partial charge in [-0.1, -0.05) is 18.2 Å². The molecule has 0 spiro atoms. The third-order valence-electron chi connectivity index (χ3n) is 2.01. The Kier molecular flexibility index (Phi) is 3.54. The number of hydrogen-bond donors (Lipinski definition) is 2. The number of benzene rings is 1. The molecular weight excluding hydrogens is 254 g/mol. The number of carbonyl (C=O) groups excluding carboxylic acids is 2. The summed E-state index contributed by atoms with van der Waals surface area (Å²) in [6, 6.07) is 8.57. The lowest BCUT2D eigenvalue weighted by atomic mass is 10.3. The molecule has 92 valence electrons. The van der Waals surface area contributed by atoms with Crippen LogP contribution in [-0.4, -0.2) is 16.4 Å². The third-order valence-corrected chi connectivity index (χ3v) is 2.72. The number of nitrogens with one attached hydrogen (secondary N) is 1. The van der Waals surface area contributed by atoms with Crippen LogP contribution in [0.3, 0.4) is 0 Å². The first-order valence-electron chi connectivity index (χ1n) is 4.95. The van der Waals surface area contributed by atoms with Crippen molar-refractivity contribution in [1.82, 2.24) is 4.37 Å². The molecule has 2 aromatic rings. The van der Waals surface area contributed by atoms with Gasteiger partial charge in [0.25, 0.3) is 5.91 Å². The van der Waals surface area contributed by atoms with Crippen molar-refractivity contribution in [3.05, 3.63) is 42.1 Å². The first-order chi connectivity index (χ1) is 8.66. The lowest BCUT2D eigenvalue weighted by Gasteiger charge is -2.05. The first-order valence-corrected chi connectivity index (χ1v) is 5.72. The van der Waals surface area contributed by atoms with Gasteiger partial charge in [-0.05, 0) is 23.7 Å². The topological polar surface area (TPSA) is 94.3 Å². The predicted octanol–water partition coefficient (Wildman–Crippen LogP) is 1.85. The van der Waals surface area contributed by atoms with Gasteiger partial charge in [-0.25, -0.2) is 4.79 Å². The van der Waals surface area contributed by atoms with Crippen molar-refractivity contribution in [2.45, 2.75) is 0 Å². The summed E-state index contributed by atoms with van der Waals surface area (Å²) in [5.41, 5.74) is 5.28. The minimum atomic E-state index is -0.701. The summed E-state index contributed by atoms with van der Waals surface area (Å²) in [7, 11) is 0. The SMILES string of the molecule is NC(=O)c1cnsc1NC(=O)Oc1ccccc1. The van der Waals surface area contributed by atoms with Crippen LogP contribution in [0.25, 0.3) is 0 Å². The van der Waals surface area contributed by atoms with Gasteiger partial charge in [-0.2, -0.15) is 4.37 Å². The molecule has 0 saturated carbocycles. The van der Waals surface area contributed by atoms with Gasteiger partial charge in [0.05, 0.1) is 11.8 Å². The molecule has 0 bridgehead atoms. The van der Waals surface area contributed by atoms with Gasteiger partial charge in [-0.3, -0.25) is 10.1 Å². The van der Waals surface area contributed by atoms with Crippen LogP contribution in [0.4, 0.5) is 9.80 Å². The number of anilines is 1. The third kappa shape index (κ3) is 2.83. The van der Waals surface area contributed by atoms with Crippen molar-refractivity contribution >= 4 is 28.5 Å². The van der Waals surface area contributed by atoms with E-state index in [2.05, 4.69) is 9.69 Å². The summed E-state index contributed by atoms with van der Waals surface area (Å²) in [4.78, 5) is 22.6. The van der Waals surface area contributed by atoms with E-state index in [1.807, 2.05) is 0 Å². The van der Waals surface area contributed by atoms with Crippen LogP contribution in [0.1, 0.15) is 10.4 Å². The maximum atomic E-state index is 11.5. The molecule has 0 aliphatic rings. The lowest BCUT2D eigenvalue weighted by Crippen LogP contribution is -2.19. The summed E-state index contributed by atoms with van der Waals surface area (Å²) in [5.74, 6) is -0.251. The van der Waals surface area contributed by atoms with E-state index in [-0.39, 0.29) is 10.6 Å². The zero-order chi connectivity index (χ0) is 13.0. The van der Waals surface area contributed by atoms with Crippen LogP contribution < -0.4 is 15.8 Å². The average Bonchev–Trinajstić information content (AvgIpc) is 2.78. The monoisotopic (exact) mass is 263 g/mol. The molecule has 0 saturated heterocycles. The first kappa shape index (κ1) is 12.1. The molecule has 1 aromatic carbocycles. The summed E-state index contributed by atoms with van der Waals surface area (Å²) in [6.45, 7) is 0. The van der Waals surface area contributed by atoms with E-state index < -0.39 is 12.0 Å². The number of nitrogens with two attached hydrogens (primary N) is 1. The molecule has 1 heterocycles. The number of aromatic nitrogens is 1. The summed E-state index contributed by atoms with van der Waals surface area (Å²) < 4.78 is 8.77. The molecule has 2 amide bonds. The van der Waals surface area contributed by atoms with Gasteiger partial charge >= 0.3 is 6.09 Å². The van der Waals surface area contributed by atoms with Crippen LogP contribution in [0.15, 0.2) is 36.5 Å². The van der Waals surface area contributed by atoms with Crippen LogP contribution in [0, 0.1) is 0 Å². The summed E-state index contributed by atoms with van der Waals surface area (Å²) in [5, 5.41) is 2.68. The Morgan fingerprint density at radius 1 is 1.28 bits per heavy atom. The fourth-order valence-corrected chi connectivity index (χ4v) is 1.86. The molecule has 3 N–H and O–H groups in total. The van der Waals surface area contributed by atoms with Crippen LogP contribution in [0.2, 0.25) is 0 Å². The molecule has 0 radical (unpaired) electrons. The Morgan fingerprint density at radius 3 is 2.67 bits per heavy atom. The second kappa shape index (κ2) is 5.28. The molecule has 0 atom stereocenters. The van der Waals surface area contributed by atoms with Crippen LogP contribution >= 0.6 is 11.5 Å². The summed E-state index contributed by atoms with van der Waals surface area (Å²) in [6.07, 6.45) is 0.596. The standard InChI is InChI=1S/C11H9N3O3S/c12-9(15)8-6-13-18-10(8)14-11(16)17-7-4-2-1-3-5-7/h1-6H,(H2,12,15)(H,14,16). The maximum Gasteiger partial charge on any atom is 0.417 e. The van der Waals surface area contributed by atoms with Crippen LogP contribution in [-0.2, 0) is 0 Å². The molecule has 6 nitrogen and oxygen atoms in total. The second-order valence-electron chi connectivity index (χ2n) is 3.26. The van der Waals surface area contributed by atoms with Crippen molar-refractivity contribution in [2.24, 2.45) is 5.73 Å². The number of ether oxygens (including phenoxy) is 1. The number of primary amides is 1. The van der Waals surface area contributed by atoms with E-state index >= 15 is 0 Å². The fourth-order valence-electron chi connectivity index (χ4n) is 1.22. The fraction of sp³-hybridized carbons (Fsp3) is 0. The molecule has 0 aliphatic carbocycles. The zero-order valence-corrected chi connectivity index (χ0v) is 9.94. The number of para-hydroxylation sites is 1. The van der Waals surface area contributed by atoms with Gasteiger partial charge in [0, 0.05) is 0 Å². The van der Waals surface area contributed by atoms with Gasteiger partial charge in [0.1, 0.15) is 10.8 Å². The molecule has 1 aromatic heterocycles. The molecular formula is C11H9N3O3S. The minimum Gasteiger partial charge on any atom is -0.410 e. The molecule has 7 heteroatoms. The van der Waals surface area contributed by atoms with Crippen molar-refractivity contribution in [2.75, 3.05) is 5.32 Å². The quantitative estimate of drug-likeness (QED) is 0.883. The van der Waals surface area contributed by atoms with E-state index in [0.29, 0.717) is 5.75 Å². The average molecular weight is 263 g/mol. The largest absolute Gasteiger partial charge is 0.417 e. The van der Waals surface area contributed by atoms with E-state index in [4.69, 9.17) is 10.5 Å². The molecule has 18 heavy (non-hydrogen) atoms. The normalized spacial score (nSPS) is 9.78. The highest BCUT2D eigenvalue weighted by molar-refractivity contribution is 7.10. The minimum absolute atomic E-state index is 0.157. The Morgan fingerprint density at radius 2 is 2.00 bits per heavy atom. The van der Waals surface area contributed by atoms with Gasteiger partial charge in [0.2, 0.25) is 0 Å². The Labute approximate surface area is 107 Å².